The topological polar surface area (TPSA) is 117 Å². The number of para-hydroxylation sites is 1. The molecule has 0 unspecified atom stereocenters. The molecule has 1 aromatic carbocycles. The minimum absolute atomic E-state index is 0.0652. The zero-order valence-electron chi connectivity index (χ0n) is 23.4. The second-order valence-electron chi connectivity index (χ2n) is 11.2. The summed E-state index contributed by atoms with van der Waals surface area (Å²) in [7, 11) is 0. The van der Waals surface area contributed by atoms with E-state index in [1.165, 1.54) is 6.42 Å². The van der Waals surface area contributed by atoms with E-state index >= 15 is 0 Å². The van der Waals surface area contributed by atoms with Crippen molar-refractivity contribution in [1.82, 2.24) is 15.0 Å². The summed E-state index contributed by atoms with van der Waals surface area (Å²) < 4.78 is 4.29. The molecule has 0 bridgehead atoms. The normalized spacial score (nSPS) is 14.9. The molecule has 1 aliphatic carbocycles. The van der Waals surface area contributed by atoms with Crippen LogP contribution < -0.4 is 21.3 Å². The average molecular weight is 542 g/mol. The number of carbonyl (C=O) groups is 3. The van der Waals surface area contributed by atoms with Gasteiger partial charge < -0.3 is 16.4 Å². The molecule has 1 atom stereocenters. The monoisotopic (exact) mass is 541 g/mol. The Kier molecular flexibility index (Phi) is 10.7. The first-order valence-corrected chi connectivity index (χ1v) is 14.6. The number of nitrogens with zero attached hydrogens (tertiary/aromatic N) is 2. The van der Waals surface area contributed by atoms with Crippen molar-refractivity contribution in [2.45, 2.75) is 91.6 Å². The van der Waals surface area contributed by atoms with Crippen LogP contribution in [0, 0.1) is 18.8 Å². The molecule has 1 aromatic heterocycles. The van der Waals surface area contributed by atoms with Gasteiger partial charge in [-0.25, -0.2) is 0 Å². The lowest BCUT2D eigenvalue weighted by molar-refractivity contribution is -0.122. The van der Waals surface area contributed by atoms with E-state index in [1.54, 1.807) is 4.90 Å². The van der Waals surface area contributed by atoms with E-state index in [9.17, 15) is 14.4 Å². The van der Waals surface area contributed by atoms with Gasteiger partial charge >= 0.3 is 0 Å². The van der Waals surface area contributed by atoms with Crippen molar-refractivity contribution in [3.05, 3.63) is 40.4 Å². The first-order chi connectivity index (χ1) is 18.1. The molecule has 4 N–H and O–H groups in total. The predicted molar refractivity (Wildman–Crippen MR) is 155 cm³/mol. The van der Waals surface area contributed by atoms with Crippen LogP contribution in [0.3, 0.4) is 0 Å². The lowest BCUT2D eigenvalue weighted by Gasteiger charge is -2.33. The highest BCUT2D eigenvalue weighted by Gasteiger charge is 2.36. The molecule has 208 valence electrons. The van der Waals surface area contributed by atoms with Crippen LogP contribution in [0.15, 0.2) is 24.3 Å². The van der Waals surface area contributed by atoms with Crippen LogP contribution in [0.25, 0.3) is 0 Å². The Bertz CT molecular complexity index is 1110. The fraction of sp³-hybridized carbons (Fsp3) is 0.586. The molecule has 0 radical (unpaired) electrons. The number of benzene rings is 1. The Morgan fingerprint density at radius 3 is 2.39 bits per heavy atom. The molecule has 0 aliphatic heterocycles. The summed E-state index contributed by atoms with van der Waals surface area (Å²) in [5.74, 6) is -0.365. The minimum atomic E-state index is -0.739. The maximum absolute atomic E-state index is 14.2. The second kappa shape index (κ2) is 13.7. The van der Waals surface area contributed by atoms with Gasteiger partial charge in [-0.15, -0.1) is 0 Å². The third-order valence-corrected chi connectivity index (χ3v) is 7.85. The highest BCUT2D eigenvalue weighted by Crippen LogP contribution is 2.31. The lowest BCUT2D eigenvalue weighted by Crippen LogP contribution is -2.51. The molecule has 1 heterocycles. The summed E-state index contributed by atoms with van der Waals surface area (Å²) in [4.78, 5) is 42.4. The molecule has 1 aliphatic rings. The predicted octanol–water partition coefficient (Wildman–Crippen LogP) is 5.32. The number of aromatic nitrogens is 1. The van der Waals surface area contributed by atoms with Crippen molar-refractivity contribution in [2.75, 3.05) is 17.2 Å². The summed E-state index contributed by atoms with van der Waals surface area (Å²) >= 11 is 0.915. The second-order valence-corrected chi connectivity index (χ2v) is 11.9. The zero-order chi connectivity index (χ0) is 27.8. The van der Waals surface area contributed by atoms with Crippen LogP contribution in [0.4, 0.5) is 11.4 Å². The summed E-state index contributed by atoms with van der Waals surface area (Å²) in [5.41, 5.74) is 8.04. The maximum atomic E-state index is 14.2. The number of hydrogen-bond acceptors (Lipinski definition) is 6. The molecule has 9 heteroatoms. The highest BCUT2D eigenvalue weighted by molar-refractivity contribution is 7.09. The van der Waals surface area contributed by atoms with E-state index in [4.69, 9.17) is 5.73 Å². The molecular formula is C29H43N5O3S. The van der Waals surface area contributed by atoms with Gasteiger partial charge in [0.05, 0.1) is 5.69 Å². The van der Waals surface area contributed by atoms with Gasteiger partial charge in [-0.1, -0.05) is 65.2 Å². The summed E-state index contributed by atoms with van der Waals surface area (Å²) in [5, 5.41) is 6.07. The smallest absolute Gasteiger partial charge is 0.273 e. The van der Waals surface area contributed by atoms with Gasteiger partial charge in [-0.2, -0.15) is 4.37 Å². The number of anilines is 2. The van der Waals surface area contributed by atoms with E-state index in [0.29, 0.717) is 24.6 Å². The number of carbonyl (C=O) groups excluding carboxylic acids is 3. The van der Waals surface area contributed by atoms with E-state index in [0.717, 1.165) is 49.2 Å². The fourth-order valence-corrected chi connectivity index (χ4v) is 5.59. The van der Waals surface area contributed by atoms with Gasteiger partial charge in [0.25, 0.3) is 11.8 Å². The number of amides is 3. The van der Waals surface area contributed by atoms with E-state index in [1.807, 2.05) is 45.0 Å². The third kappa shape index (κ3) is 7.56. The Balaban J connectivity index is 1.95. The fourth-order valence-electron chi connectivity index (χ4n) is 4.86. The van der Waals surface area contributed by atoms with Crippen LogP contribution in [-0.2, 0) is 4.79 Å². The number of aryl methyl sites for hydroxylation is 1. The van der Waals surface area contributed by atoms with Crippen molar-refractivity contribution in [1.29, 1.82) is 0 Å². The van der Waals surface area contributed by atoms with Crippen LogP contribution in [0.5, 0.6) is 0 Å². The maximum Gasteiger partial charge on any atom is 0.273 e. The van der Waals surface area contributed by atoms with Crippen molar-refractivity contribution < 1.29 is 14.4 Å². The lowest BCUT2D eigenvalue weighted by atomic mass is 9.95. The van der Waals surface area contributed by atoms with E-state index in [2.05, 4.69) is 28.9 Å². The number of rotatable bonds is 11. The molecule has 1 saturated carbocycles. The number of nitrogen functional groups attached to an aromatic ring is 1. The quantitative estimate of drug-likeness (QED) is 0.356. The number of nitrogens with two attached hydrogens (primary N) is 1. The Labute approximate surface area is 230 Å². The van der Waals surface area contributed by atoms with Gasteiger partial charge in [-0.05, 0) is 67.6 Å². The average Bonchev–Trinajstić information content (AvgIpc) is 3.26. The minimum Gasteiger partial charge on any atom is -0.395 e. The largest absolute Gasteiger partial charge is 0.395 e. The molecule has 1 fully saturated rings. The first kappa shape index (κ1) is 29.6. The first-order valence-electron chi connectivity index (χ1n) is 13.8. The summed E-state index contributed by atoms with van der Waals surface area (Å²) in [6.45, 7) is 10.7. The molecule has 0 saturated heterocycles. The number of nitrogens with one attached hydrogen (secondary N) is 2. The molecule has 38 heavy (non-hydrogen) atoms. The van der Waals surface area contributed by atoms with Crippen LogP contribution in [-0.4, -0.2) is 40.7 Å². The molecule has 3 amide bonds. The zero-order valence-corrected chi connectivity index (χ0v) is 24.2. The third-order valence-electron chi connectivity index (χ3n) is 7.00. The van der Waals surface area contributed by atoms with Gasteiger partial charge in [0, 0.05) is 18.3 Å². The summed E-state index contributed by atoms with van der Waals surface area (Å²) in [6, 6.07) is 6.87. The van der Waals surface area contributed by atoms with E-state index < -0.39 is 11.9 Å². The van der Waals surface area contributed by atoms with Crippen molar-refractivity contribution in [3.63, 3.8) is 0 Å². The van der Waals surface area contributed by atoms with Crippen LogP contribution in [0.1, 0.15) is 98.4 Å². The molecule has 3 rings (SSSR count). The van der Waals surface area contributed by atoms with Gasteiger partial charge in [0.15, 0.2) is 5.69 Å². The highest BCUT2D eigenvalue weighted by atomic mass is 32.1. The van der Waals surface area contributed by atoms with Crippen LogP contribution >= 0.6 is 11.5 Å². The van der Waals surface area contributed by atoms with Crippen LogP contribution in [0.2, 0.25) is 0 Å². The van der Waals surface area contributed by atoms with Gasteiger partial charge in [0.2, 0.25) is 5.91 Å². The van der Waals surface area contributed by atoms with Crippen molar-refractivity contribution >= 4 is 40.6 Å². The Morgan fingerprint density at radius 2 is 1.76 bits per heavy atom. The standard InChI is InChI=1S/C29H43N5O3S/c1-18(2)15-16-31-27(35)23(17-19(3)4)34(22-14-10-9-11-20(22)5)29(37)26-24(30)25(33-38-26)28(36)32-21-12-7-6-8-13-21/h9-11,14,18-19,21,23H,6-8,12-13,15-17,30H2,1-5H3,(H,31,35)(H,32,36)/t23-/m1/s1. The van der Waals surface area contributed by atoms with Gasteiger partial charge in [-0.3, -0.25) is 19.3 Å². The molecule has 2 aromatic rings. The molecular weight excluding hydrogens is 498 g/mol. The Morgan fingerprint density at radius 1 is 1.08 bits per heavy atom. The van der Waals surface area contributed by atoms with Crippen molar-refractivity contribution in [3.8, 4) is 0 Å². The van der Waals surface area contributed by atoms with Crippen molar-refractivity contribution in [2.24, 2.45) is 11.8 Å². The SMILES string of the molecule is Cc1ccccc1N(C(=O)c1snc(C(=O)NC2CCCCC2)c1N)[C@H](CC(C)C)C(=O)NCCC(C)C. The van der Waals surface area contributed by atoms with E-state index in [-0.39, 0.29) is 40.0 Å². The van der Waals surface area contributed by atoms with Gasteiger partial charge in [0.1, 0.15) is 10.9 Å². The summed E-state index contributed by atoms with van der Waals surface area (Å²) in [6.07, 6.45) is 6.55. The Hall–Kier alpha value is -2.94. The number of hydrogen-bond donors (Lipinski definition) is 3. The molecule has 0 spiro atoms. The molecule has 8 nitrogen and oxygen atoms in total.